The van der Waals surface area contributed by atoms with Gasteiger partial charge in [-0.1, -0.05) is 116 Å². The molecule has 4 aromatic rings. The van der Waals surface area contributed by atoms with E-state index in [1.165, 1.54) is 138 Å². The molecule has 2 aliphatic rings. The molecule has 0 atom stereocenters. The van der Waals surface area contributed by atoms with Gasteiger partial charge in [0, 0.05) is 36.6 Å². The molecule has 0 N–H and O–H groups in total. The Morgan fingerprint density at radius 1 is 0.400 bits per heavy atom. The predicted molar refractivity (Wildman–Crippen MR) is 250 cm³/mol. The molecule has 2 aromatic heterocycles. The van der Waals surface area contributed by atoms with Gasteiger partial charge in [0.25, 0.3) is 0 Å². The molecule has 0 spiro atoms. The van der Waals surface area contributed by atoms with Gasteiger partial charge in [-0.25, -0.2) is 19.9 Å². The molecule has 6 rings (SSSR count). The average molecular weight is 817 g/mol. The van der Waals surface area contributed by atoms with Gasteiger partial charge in [0.2, 0.25) is 0 Å². The summed E-state index contributed by atoms with van der Waals surface area (Å²) in [6.07, 6.45) is 38.5. The molecular formula is C54H80N4O2. The van der Waals surface area contributed by atoms with Crippen molar-refractivity contribution in [1.29, 1.82) is 0 Å². The molecule has 2 saturated carbocycles. The van der Waals surface area contributed by atoms with Gasteiger partial charge in [0.15, 0.2) is 0 Å². The first-order valence-corrected chi connectivity index (χ1v) is 24.6. The van der Waals surface area contributed by atoms with Crippen molar-refractivity contribution in [2.24, 2.45) is 11.8 Å². The summed E-state index contributed by atoms with van der Waals surface area (Å²) < 4.78 is 11.5. The minimum atomic E-state index is 0.571. The maximum absolute atomic E-state index is 5.81. The lowest BCUT2D eigenvalue weighted by atomic mass is 9.79. The van der Waals surface area contributed by atoms with Crippen LogP contribution in [0.5, 0.6) is 11.5 Å². The highest BCUT2D eigenvalue weighted by atomic mass is 16.5. The van der Waals surface area contributed by atoms with Gasteiger partial charge >= 0.3 is 0 Å². The van der Waals surface area contributed by atoms with Crippen molar-refractivity contribution in [3.8, 4) is 11.5 Å². The average Bonchev–Trinajstić information content (AvgIpc) is 3.30. The van der Waals surface area contributed by atoms with Gasteiger partial charge in [-0.3, -0.25) is 0 Å². The molecule has 60 heavy (non-hydrogen) atoms. The first-order chi connectivity index (χ1) is 29.6. The molecule has 0 radical (unpaired) electrons. The lowest BCUT2D eigenvalue weighted by Gasteiger charge is -2.27. The number of aryl methyl sites for hydroxylation is 4. The minimum absolute atomic E-state index is 0.571. The summed E-state index contributed by atoms with van der Waals surface area (Å²) in [5.41, 5.74) is 5.14. The molecule has 2 aliphatic carbocycles. The Hall–Kier alpha value is -3.80. The van der Waals surface area contributed by atoms with Crippen LogP contribution in [0.1, 0.15) is 202 Å². The largest absolute Gasteiger partial charge is 0.494 e. The standard InChI is InChI=1S/C28H42N2O.C26H38N2O/c1-3-5-7-9-23-12-16-26(17-13-23)28-29-21-25(22-30-28)11-10-24-14-18-27(19-15-24)31-20-8-6-4-2;1-3-5-6-7-21-10-14-24(15-11-21)26-27-19-23(20-28-26)9-8-22-12-16-25(17-13-22)29-18-4-2/h14-15,18-19,21-23,26H,3-13,16-17,20H2,1-2H3;12-13,16-17,19-21,24H,3-11,14-15,18H2,1-2H3. The minimum Gasteiger partial charge on any atom is -0.494 e. The van der Waals surface area contributed by atoms with Crippen LogP contribution in [0.2, 0.25) is 0 Å². The number of nitrogens with zero attached hydrogens (tertiary/aromatic N) is 4. The third-order valence-electron chi connectivity index (χ3n) is 13.0. The molecule has 2 aromatic carbocycles. The first-order valence-electron chi connectivity index (χ1n) is 24.6. The van der Waals surface area contributed by atoms with E-state index >= 15 is 0 Å². The molecule has 0 amide bonds. The van der Waals surface area contributed by atoms with E-state index in [1.54, 1.807) is 0 Å². The Kier molecular flexibility index (Phi) is 22.0. The van der Waals surface area contributed by atoms with Crippen molar-refractivity contribution in [1.82, 2.24) is 19.9 Å². The van der Waals surface area contributed by atoms with Gasteiger partial charge in [-0.2, -0.15) is 0 Å². The van der Waals surface area contributed by atoms with Gasteiger partial charge in [-0.05, 0) is 148 Å². The van der Waals surface area contributed by atoms with Crippen molar-refractivity contribution in [2.75, 3.05) is 13.2 Å². The Balaban J connectivity index is 0.000000228. The fourth-order valence-corrected chi connectivity index (χ4v) is 9.04. The van der Waals surface area contributed by atoms with Gasteiger partial charge in [-0.15, -0.1) is 0 Å². The smallest absolute Gasteiger partial charge is 0.131 e. The van der Waals surface area contributed by atoms with Gasteiger partial charge in [0.1, 0.15) is 23.1 Å². The van der Waals surface area contributed by atoms with Crippen LogP contribution in [-0.4, -0.2) is 33.1 Å². The Morgan fingerprint density at radius 2 is 0.767 bits per heavy atom. The second-order valence-corrected chi connectivity index (χ2v) is 18.0. The Morgan fingerprint density at radius 3 is 1.15 bits per heavy atom. The van der Waals surface area contributed by atoms with Gasteiger partial charge in [0.05, 0.1) is 13.2 Å². The lowest BCUT2D eigenvalue weighted by molar-refractivity contribution is 0.297. The monoisotopic (exact) mass is 817 g/mol. The normalized spacial score (nSPS) is 19.0. The summed E-state index contributed by atoms with van der Waals surface area (Å²) in [7, 11) is 0. The lowest BCUT2D eigenvalue weighted by Crippen LogP contribution is -2.15. The third-order valence-corrected chi connectivity index (χ3v) is 13.0. The number of aromatic nitrogens is 4. The van der Waals surface area contributed by atoms with E-state index in [4.69, 9.17) is 29.4 Å². The summed E-state index contributed by atoms with van der Waals surface area (Å²) in [6.45, 7) is 10.5. The zero-order chi connectivity index (χ0) is 42.0. The first kappa shape index (κ1) is 47.3. The summed E-state index contributed by atoms with van der Waals surface area (Å²) in [5.74, 6) is 7.10. The number of ether oxygens (including phenoxy) is 2. The van der Waals surface area contributed by atoms with Crippen LogP contribution in [0.25, 0.3) is 0 Å². The van der Waals surface area contributed by atoms with Crippen LogP contribution in [0.3, 0.4) is 0 Å². The van der Waals surface area contributed by atoms with E-state index < -0.39 is 0 Å². The van der Waals surface area contributed by atoms with Crippen molar-refractivity contribution >= 4 is 0 Å². The summed E-state index contributed by atoms with van der Waals surface area (Å²) in [4.78, 5) is 19.0. The van der Waals surface area contributed by atoms with Crippen LogP contribution >= 0.6 is 0 Å². The van der Waals surface area contributed by atoms with E-state index in [2.05, 4.69) is 88.6 Å². The maximum atomic E-state index is 5.81. The fourth-order valence-electron chi connectivity index (χ4n) is 9.04. The van der Waals surface area contributed by atoms with Crippen LogP contribution in [-0.2, 0) is 25.7 Å². The predicted octanol–water partition coefficient (Wildman–Crippen LogP) is 14.6. The van der Waals surface area contributed by atoms with E-state index in [9.17, 15) is 0 Å². The summed E-state index contributed by atoms with van der Waals surface area (Å²) in [6, 6.07) is 17.0. The molecule has 0 unspecified atom stereocenters. The zero-order valence-electron chi connectivity index (χ0n) is 38.2. The Labute approximate surface area is 365 Å². The maximum Gasteiger partial charge on any atom is 0.131 e. The number of hydrogen-bond donors (Lipinski definition) is 0. The number of rotatable bonds is 24. The molecule has 6 nitrogen and oxygen atoms in total. The van der Waals surface area contributed by atoms with Crippen molar-refractivity contribution in [3.05, 3.63) is 107 Å². The highest BCUT2D eigenvalue weighted by molar-refractivity contribution is 5.29. The molecule has 0 saturated heterocycles. The van der Waals surface area contributed by atoms with E-state index in [0.717, 1.165) is 86.7 Å². The number of hydrogen-bond acceptors (Lipinski definition) is 6. The summed E-state index contributed by atoms with van der Waals surface area (Å²) >= 11 is 0. The molecule has 328 valence electrons. The van der Waals surface area contributed by atoms with E-state index in [0.29, 0.717) is 11.8 Å². The molecular weight excluding hydrogens is 737 g/mol. The second kappa shape index (κ2) is 27.9. The fraction of sp³-hybridized carbons (Fsp3) is 0.630. The second-order valence-electron chi connectivity index (χ2n) is 18.0. The third kappa shape index (κ3) is 17.3. The molecule has 0 aliphatic heterocycles. The van der Waals surface area contributed by atoms with Crippen LogP contribution in [0.4, 0.5) is 0 Å². The number of unbranched alkanes of at least 4 members (excludes halogenated alkanes) is 6. The highest BCUT2D eigenvalue weighted by Gasteiger charge is 2.25. The van der Waals surface area contributed by atoms with Crippen LogP contribution in [0, 0.1) is 11.8 Å². The van der Waals surface area contributed by atoms with E-state index in [-0.39, 0.29) is 0 Å². The summed E-state index contributed by atoms with van der Waals surface area (Å²) in [5, 5.41) is 0. The van der Waals surface area contributed by atoms with Crippen LogP contribution in [0.15, 0.2) is 73.3 Å². The van der Waals surface area contributed by atoms with Crippen LogP contribution < -0.4 is 9.47 Å². The van der Waals surface area contributed by atoms with Crippen molar-refractivity contribution < 1.29 is 9.47 Å². The van der Waals surface area contributed by atoms with Crippen molar-refractivity contribution in [2.45, 2.75) is 194 Å². The molecule has 0 bridgehead atoms. The van der Waals surface area contributed by atoms with E-state index in [1.807, 2.05) is 12.4 Å². The van der Waals surface area contributed by atoms with Crippen molar-refractivity contribution in [3.63, 3.8) is 0 Å². The highest BCUT2D eigenvalue weighted by Crippen LogP contribution is 2.37. The Bertz CT molecular complexity index is 1660. The van der Waals surface area contributed by atoms with Gasteiger partial charge < -0.3 is 9.47 Å². The molecule has 6 heteroatoms. The topological polar surface area (TPSA) is 70.0 Å². The molecule has 2 fully saturated rings. The zero-order valence-corrected chi connectivity index (χ0v) is 38.2. The quantitative estimate of drug-likeness (QED) is 0.0656. The SMILES string of the molecule is CCCCCC1CCC(c2ncc(CCc3ccc(OCCC)cc3)cn2)CC1.CCCCCOc1ccc(CCc2cnc(C3CCC(CCCCC)CC3)nc2)cc1. The number of benzene rings is 2. The molecule has 2 heterocycles.